The van der Waals surface area contributed by atoms with Gasteiger partial charge < -0.3 is 9.32 Å². The van der Waals surface area contributed by atoms with E-state index in [1.165, 1.54) is 0 Å². The molecule has 5 nitrogen and oxygen atoms in total. The van der Waals surface area contributed by atoms with Crippen molar-refractivity contribution in [2.45, 2.75) is 25.8 Å². The number of nitrogens with zero attached hydrogens (tertiary/aromatic N) is 3. The highest BCUT2D eigenvalue weighted by Gasteiger charge is 2.23. The Kier molecular flexibility index (Phi) is 5.23. The first-order valence-electron chi connectivity index (χ1n) is 8.36. The zero-order valence-corrected chi connectivity index (χ0v) is 14.4. The first-order valence-corrected chi connectivity index (χ1v) is 8.36. The summed E-state index contributed by atoms with van der Waals surface area (Å²) in [5, 5.41) is 8.13. The van der Waals surface area contributed by atoms with Gasteiger partial charge in [-0.05, 0) is 24.1 Å². The Labute approximate surface area is 147 Å². The van der Waals surface area contributed by atoms with Gasteiger partial charge in [0.15, 0.2) is 0 Å². The molecule has 5 heteroatoms. The second-order valence-corrected chi connectivity index (χ2v) is 5.93. The monoisotopic (exact) mass is 335 g/mol. The van der Waals surface area contributed by atoms with Gasteiger partial charge in [0.1, 0.15) is 0 Å². The fraction of sp³-hybridized carbons (Fsp3) is 0.250. The Morgan fingerprint density at radius 2 is 1.68 bits per heavy atom. The Bertz CT molecular complexity index is 815. The van der Waals surface area contributed by atoms with Crippen molar-refractivity contribution in [3.05, 3.63) is 72.1 Å². The van der Waals surface area contributed by atoms with Crippen LogP contribution < -0.4 is 0 Å². The molecular formula is C20H21N3O2. The van der Waals surface area contributed by atoms with Gasteiger partial charge in [-0.2, -0.15) is 0 Å². The largest absolute Gasteiger partial charge is 0.419 e. The number of hydrogen-bond acceptors (Lipinski definition) is 4. The molecule has 0 aliphatic carbocycles. The van der Waals surface area contributed by atoms with Crippen molar-refractivity contribution >= 4 is 5.91 Å². The summed E-state index contributed by atoms with van der Waals surface area (Å²) in [5.74, 6) is 0.778. The lowest BCUT2D eigenvalue weighted by Crippen LogP contribution is -2.31. The van der Waals surface area contributed by atoms with Gasteiger partial charge in [0, 0.05) is 12.6 Å². The summed E-state index contributed by atoms with van der Waals surface area (Å²) >= 11 is 0. The van der Waals surface area contributed by atoms with Crippen molar-refractivity contribution in [3.8, 4) is 11.5 Å². The molecule has 0 saturated heterocycles. The topological polar surface area (TPSA) is 59.2 Å². The summed E-state index contributed by atoms with van der Waals surface area (Å²) in [4.78, 5) is 14.4. The van der Waals surface area contributed by atoms with E-state index in [0.717, 1.165) is 17.5 Å². The Morgan fingerprint density at radius 1 is 1.04 bits per heavy atom. The van der Waals surface area contributed by atoms with E-state index in [4.69, 9.17) is 4.42 Å². The predicted molar refractivity (Wildman–Crippen MR) is 95.7 cm³/mol. The number of likely N-dealkylation sites (N-methyl/N-ethyl adjacent to an activating group) is 1. The SMILES string of the molecule is CC[C@H](C(=O)N(C)Cc1nnc(-c2ccccc2)o1)c1ccccc1. The van der Waals surface area contributed by atoms with E-state index in [2.05, 4.69) is 10.2 Å². The first-order chi connectivity index (χ1) is 12.2. The van der Waals surface area contributed by atoms with Gasteiger partial charge in [-0.25, -0.2) is 0 Å². The summed E-state index contributed by atoms with van der Waals surface area (Å²) < 4.78 is 5.69. The molecule has 0 saturated carbocycles. The van der Waals surface area contributed by atoms with Crippen LogP contribution in [-0.2, 0) is 11.3 Å². The molecule has 0 radical (unpaired) electrons. The number of amides is 1. The maximum Gasteiger partial charge on any atom is 0.247 e. The maximum atomic E-state index is 12.8. The van der Waals surface area contributed by atoms with E-state index in [1.54, 1.807) is 11.9 Å². The van der Waals surface area contributed by atoms with Crippen molar-refractivity contribution in [1.82, 2.24) is 15.1 Å². The molecule has 0 spiro atoms. The van der Waals surface area contributed by atoms with Crippen molar-refractivity contribution in [1.29, 1.82) is 0 Å². The molecule has 0 fully saturated rings. The molecule has 0 aliphatic heterocycles. The molecule has 1 atom stereocenters. The quantitative estimate of drug-likeness (QED) is 0.686. The van der Waals surface area contributed by atoms with Crippen LogP contribution in [0.2, 0.25) is 0 Å². The lowest BCUT2D eigenvalue weighted by atomic mass is 9.95. The normalized spacial score (nSPS) is 11.9. The molecule has 25 heavy (non-hydrogen) atoms. The van der Waals surface area contributed by atoms with E-state index >= 15 is 0 Å². The Hall–Kier alpha value is -2.95. The molecule has 2 aromatic carbocycles. The van der Waals surface area contributed by atoms with Gasteiger partial charge >= 0.3 is 0 Å². The summed E-state index contributed by atoms with van der Waals surface area (Å²) in [7, 11) is 1.76. The summed E-state index contributed by atoms with van der Waals surface area (Å²) in [6.07, 6.45) is 0.742. The number of aromatic nitrogens is 2. The molecule has 0 N–H and O–H groups in total. The minimum Gasteiger partial charge on any atom is -0.419 e. The predicted octanol–water partition coefficient (Wildman–Crippen LogP) is 3.89. The molecule has 0 bridgehead atoms. The standard InChI is InChI=1S/C20H21N3O2/c1-3-17(15-10-6-4-7-11-15)20(24)23(2)14-18-21-22-19(25-18)16-12-8-5-9-13-16/h4-13,17H,3,14H2,1-2H3/t17-/m0/s1. The first kappa shape index (κ1) is 16.9. The van der Waals surface area contributed by atoms with Crippen LogP contribution >= 0.6 is 0 Å². The second-order valence-electron chi connectivity index (χ2n) is 5.93. The van der Waals surface area contributed by atoms with Crippen LogP contribution in [0.4, 0.5) is 0 Å². The van der Waals surface area contributed by atoms with E-state index in [0.29, 0.717) is 18.3 Å². The van der Waals surface area contributed by atoms with Crippen LogP contribution in [0, 0.1) is 0 Å². The van der Waals surface area contributed by atoms with Crippen LogP contribution in [0.3, 0.4) is 0 Å². The average Bonchev–Trinajstić information content (AvgIpc) is 3.12. The highest BCUT2D eigenvalue weighted by atomic mass is 16.4. The Morgan fingerprint density at radius 3 is 2.32 bits per heavy atom. The van der Waals surface area contributed by atoms with E-state index < -0.39 is 0 Å². The number of carbonyl (C=O) groups is 1. The second kappa shape index (κ2) is 7.75. The lowest BCUT2D eigenvalue weighted by molar-refractivity contribution is -0.132. The van der Waals surface area contributed by atoms with Gasteiger partial charge in [-0.3, -0.25) is 4.79 Å². The van der Waals surface area contributed by atoms with Crippen molar-refractivity contribution in [2.24, 2.45) is 0 Å². The van der Waals surface area contributed by atoms with E-state index in [9.17, 15) is 4.79 Å². The average molecular weight is 335 g/mol. The minimum atomic E-state index is -0.164. The number of benzene rings is 2. The fourth-order valence-electron chi connectivity index (χ4n) is 2.80. The Balaban J connectivity index is 1.70. The van der Waals surface area contributed by atoms with Gasteiger partial charge in [0.25, 0.3) is 0 Å². The van der Waals surface area contributed by atoms with Crippen LogP contribution in [0.1, 0.15) is 30.7 Å². The third kappa shape index (κ3) is 3.94. The summed E-state index contributed by atoms with van der Waals surface area (Å²) in [6.45, 7) is 2.31. The molecule has 0 unspecified atom stereocenters. The number of carbonyl (C=O) groups excluding carboxylic acids is 1. The molecule has 128 valence electrons. The van der Waals surface area contributed by atoms with Crippen LogP contribution in [0.5, 0.6) is 0 Å². The smallest absolute Gasteiger partial charge is 0.247 e. The van der Waals surface area contributed by atoms with Crippen molar-refractivity contribution in [2.75, 3.05) is 7.05 Å². The van der Waals surface area contributed by atoms with Gasteiger partial charge in [-0.1, -0.05) is 55.5 Å². The molecule has 3 rings (SSSR count). The van der Waals surface area contributed by atoms with Crippen LogP contribution in [0.15, 0.2) is 65.1 Å². The van der Waals surface area contributed by atoms with Crippen molar-refractivity contribution < 1.29 is 9.21 Å². The van der Waals surface area contributed by atoms with E-state index in [-0.39, 0.29) is 11.8 Å². The summed E-state index contributed by atoms with van der Waals surface area (Å²) in [6, 6.07) is 19.4. The van der Waals surface area contributed by atoms with Crippen LogP contribution in [-0.4, -0.2) is 28.1 Å². The molecule has 1 heterocycles. The summed E-state index contributed by atoms with van der Waals surface area (Å²) in [5.41, 5.74) is 1.89. The minimum absolute atomic E-state index is 0.0492. The third-order valence-electron chi connectivity index (χ3n) is 4.14. The highest BCUT2D eigenvalue weighted by Crippen LogP contribution is 2.23. The maximum absolute atomic E-state index is 12.8. The molecule has 3 aromatic rings. The third-order valence-corrected chi connectivity index (χ3v) is 4.14. The molecular weight excluding hydrogens is 314 g/mol. The zero-order chi connectivity index (χ0) is 17.6. The zero-order valence-electron chi connectivity index (χ0n) is 14.4. The number of rotatable bonds is 6. The molecule has 1 amide bonds. The lowest BCUT2D eigenvalue weighted by Gasteiger charge is -2.22. The van der Waals surface area contributed by atoms with Crippen molar-refractivity contribution in [3.63, 3.8) is 0 Å². The van der Waals surface area contributed by atoms with E-state index in [1.807, 2.05) is 67.6 Å². The van der Waals surface area contributed by atoms with Gasteiger partial charge in [-0.15, -0.1) is 10.2 Å². The van der Waals surface area contributed by atoms with Gasteiger partial charge in [0.05, 0.1) is 12.5 Å². The van der Waals surface area contributed by atoms with Crippen LogP contribution in [0.25, 0.3) is 11.5 Å². The molecule has 0 aliphatic rings. The molecule has 1 aromatic heterocycles. The fourth-order valence-corrected chi connectivity index (χ4v) is 2.80. The number of hydrogen-bond donors (Lipinski definition) is 0. The highest BCUT2D eigenvalue weighted by molar-refractivity contribution is 5.83. The van der Waals surface area contributed by atoms with Gasteiger partial charge in [0.2, 0.25) is 17.7 Å².